The summed E-state index contributed by atoms with van der Waals surface area (Å²) < 4.78 is 27.0. The second kappa shape index (κ2) is 9.71. The molecule has 36 heavy (non-hydrogen) atoms. The summed E-state index contributed by atoms with van der Waals surface area (Å²) in [5.41, 5.74) is 10.1. The summed E-state index contributed by atoms with van der Waals surface area (Å²) in [5.74, 6) is -0.765. The lowest BCUT2D eigenvalue weighted by Crippen LogP contribution is -2.28. The third-order valence-electron chi connectivity index (χ3n) is 5.29. The van der Waals surface area contributed by atoms with Gasteiger partial charge in [-0.25, -0.2) is 28.5 Å². The highest BCUT2D eigenvalue weighted by molar-refractivity contribution is 5.92. The summed E-state index contributed by atoms with van der Waals surface area (Å²) in [7, 11) is 0. The number of nitrogen functional groups attached to an aromatic ring is 1. The lowest BCUT2D eigenvalue weighted by molar-refractivity contribution is 0.251. The summed E-state index contributed by atoms with van der Waals surface area (Å²) in [6, 6.07) is 16.3. The molecule has 0 fully saturated rings. The average molecular weight is 483 g/mol. The van der Waals surface area contributed by atoms with E-state index in [1.54, 1.807) is 42.5 Å². The van der Waals surface area contributed by atoms with Crippen molar-refractivity contribution in [3.05, 3.63) is 96.5 Å². The van der Waals surface area contributed by atoms with E-state index in [0.29, 0.717) is 50.7 Å². The highest BCUT2D eigenvalue weighted by Gasteiger charge is 2.15. The van der Waals surface area contributed by atoms with Gasteiger partial charge in [-0.05, 0) is 66.7 Å². The molecule has 0 unspecified atom stereocenters. The number of urea groups is 1. The fraction of sp³-hybridized carbons (Fsp3) is 0.0385. The van der Waals surface area contributed by atoms with E-state index in [1.807, 2.05) is 0 Å². The molecule has 8 nitrogen and oxygen atoms in total. The Morgan fingerprint density at radius 2 is 1.44 bits per heavy atom. The van der Waals surface area contributed by atoms with Gasteiger partial charge in [0.2, 0.25) is 0 Å². The van der Waals surface area contributed by atoms with Crippen LogP contribution in [0.5, 0.6) is 0 Å². The van der Waals surface area contributed by atoms with E-state index in [9.17, 15) is 13.6 Å². The first-order chi connectivity index (χ1) is 17.4. The summed E-state index contributed by atoms with van der Waals surface area (Å²) in [6.45, 7) is 0.211. The second-order valence-corrected chi connectivity index (χ2v) is 7.89. The molecular weight excluding hydrogens is 464 g/mol. The number of nitrogens with two attached hydrogens (primary N) is 1. The van der Waals surface area contributed by atoms with Crippen LogP contribution in [0.4, 0.5) is 25.0 Å². The number of carbonyl (C=O) groups is 1. The summed E-state index contributed by atoms with van der Waals surface area (Å²) in [6.07, 6.45) is 2.98. The topological polar surface area (TPSA) is 119 Å². The molecule has 178 valence electrons. The van der Waals surface area contributed by atoms with Gasteiger partial charge in [0.1, 0.15) is 17.2 Å². The van der Waals surface area contributed by atoms with Crippen molar-refractivity contribution in [2.45, 2.75) is 6.54 Å². The largest absolute Gasteiger partial charge is 0.397 e. The monoisotopic (exact) mass is 483 g/mol. The van der Waals surface area contributed by atoms with Crippen molar-refractivity contribution in [3.63, 3.8) is 0 Å². The Labute approximate surface area is 204 Å². The van der Waals surface area contributed by atoms with Crippen molar-refractivity contribution in [1.29, 1.82) is 0 Å². The normalized spacial score (nSPS) is 10.8. The third-order valence-corrected chi connectivity index (χ3v) is 5.29. The first kappa shape index (κ1) is 22.8. The zero-order valence-corrected chi connectivity index (χ0v) is 18.7. The molecule has 2 amide bonds. The number of fused-ring (bicyclic) bond motifs is 1. The maximum atomic E-state index is 13.5. The third kappa shape index (κ3) is 5.07. The predicted octanol–water partition coefficient (Wildman–Crippen LogP) is 4.94. The van der Waals surface area contributed by atoms with E-state index >= 15 is 0 Å². The van der Waals surface area contributed by atoms with E-state index in [-0.39, 0.29) is 18.2 Å². The molecule has 0 atom stereocenters. The van der Waals surface area contributed by atoms with Gasteiger partial charge in [0.05, 0.1) is 47.4 Å². The molecule has 0 aliphatic rings. The molecule has 0 radical (unpaired) electrons. The van der Waals surface area contributed by atoms with Gasteiger partial charge in [0.15, 0.2) is 5.65 Å². The quantitative estimate of drug-likeness (QED) is 0.326. The molecule has 0 saturated carbocycles. The Bertz CT molecular complexity index is 1540. The van der Waals surface area contributed by atoms with Crippen LogP contribution < -0.4 is 16.4 Å². The van der Waals surface area contributed by atoms with Gasteiger partial charge in [0.25, 0.3) is 0 Å². The predicted molar refractivity (Wildman–Crippen MR) is 133 cm³/mol. The number of anilines is 2. The number of rotatable bonds is 5. The van der Waals surface area contributed by atoms with E-state index in [2.05, 4.69) is 25.6 Å². The molecule has 0 bridgehead atoms. The van der Waals surface area contributed by atoms with E-state index in [4.69, 9.17) is 10.7 Å². The average Bonchev–Trinajstić information content (AvgIpc) is 2.88. The minimum atomic E-state index is -0.454. The van der Waals surface area contributed by atoms with E-state index < -0.39 is 6.03 Å². The van der Waals surface area contributed by atoms with Crippen LogP contribution in [0.25, 0.3) is 33.7 Å². The van der Waals surface area contributed by atoms with Crippen molar-refractivity contribution in [2.24, 2.45) is 0 Å². The van der Waals surface area contributed by atoms with Gasteiger partial charge in [0, 0.05) is 11.1 Å². The van der Waals surface area contributed by atoms with E-state index in [0.717, 1.165) is 0 Å². The minimum Gasteiger partial charge on any atom is -0.397 e. The molecule has 0 spiro atoms. The van der Waals surface area contributed by atoms with Crippen molar-refractivity contribution in [2.75, 3.05) is 11.1 Å². The second-order valence-electron chi connectivity index (χ2n) is 7.89. The molecular formula is C26H19F2N7O. The fourth-order valence-corrected chi connectivity index (χ4v) is 3.52. The van der Waals surface area contributed by atoms with Crippen LogP contribution in [0.1, 0.15) is 5.69 Å². The van der Waals surface area contributed by atoms with Gasteiger partial charge in [-0.1, -0.05) is 0 Å². The molecule has 4 N–H and O–H groups in total. The van der Waals surface area contributed by atoms with Gasteiger partial charge in [-0.15, -0.1) is 0 Å². The number of nitrogens with one attached hydrogen (secondary N) is 2. The fourth-order valence-electron chi connectivity index (χ4n) is 3.52. The maximum absolute atomic E-state index is 13.5. The van der Waals surface area contributed by atoms with Crippen LogP contribution in [-0.4, -0.2) is 26.0 Å². The van der Waals surface area contributed by atoms with Crippen LogP contribution in [0.15, 0.2) is 79.1 Å². The molecule has 3 heterocycles. The highest BCUT2D eigenvalue weighted by Crippen LogP contribution is 2.31. The molecule has 5 aromatic rings. The summed E-state index contributed by atoms with van der Waals surface area (Å²) >= 11 is 0. The Balaban J connectivity index is 1.45. The Morgan fingerprint density at radius 3 is 2.06 bits per heavy atom. The molecule has 3 aromatic heterocycles. The number of carbonyl (C=O) groups excluding carboxylic acids is 1. The number of nitrogens with zero attached hydrogens (tertiary/aromatic N) is 4. The van der Waals surface area contributed by atoms with Crippen LogP contribution in [0, 0.1) is 11.6 Å². The summed E-state index contributed by atoms with van der Waals surface area (Å²) in [5, 5.41) is 5.42. The number of pyridine rings is 2. The molecule has 0 saturated heterocycles. The molecule has 5 rings (SSSR count). The lowest BCUT2D eigenvalue weighted by atomic mass is 10.0. The van der Waals surface area contributed by atoms with Crippen molar-refractivity contribution in [3.8, 4) is 22.5 Å². The Hall–Kier alpha value is -4.99. The Morgan fingerprint density at radius 1 is 0.806 bits per heavy atom. The molecule has 0 aliphatic heterocycles. The number of benzene rings is 2. The van der Waals surface area contributed by atoms with E-state index in [1.165, 1.54) is 36.7 Å². The number of hydrogen-bond acceptors (Lipinski definition) is 6. The number of aromatic nitrogens is 4. The number of amides is 2. The molecule has 10 heteroatoms. The SMILES string of the molecule is Nc1ccc(CNC(=O)Nc2cnc3nc(-c4ccc(F)cc4)c(-c4ccc(F)cc4)nc3c2)nc1. The molecule has 0 aliphatic carbocycles. The number of hydrogen-bond donors (Lipinski definition) is 3. The van der Waals surface area contributed by atoms with Crippen LogP contribution in [0.2, 0.25) is 0 Å². The zero-order chi connectivity index (χ0) is 25.1. The van der Waals surface area contributed by atoms with Crippen LogP contribution in [0.3, 0.4) is 0 Å². The first-order valence-corrected chi connectivity index (χ1v) is 10.9. The summed E-state index contributed by atoms with van der Waals surface area (Å²) in [4.78, 5) is 30.2. The van der Waals surface area contributed by atoms with Crippen LogP contribution >= 0.6 is 0 Å². The van der Waals surface area contributed by atoms with Crippen molar-refractivity contribution in [1.82, 2.24) is 25.3 Å². The first-order valence-electron chi connectivity index (χ1n) is 10.9. The van der Waals surface area contributed by atoms with Gasteiger partial charge >= 0.3 is 6.03 Å². The smallest absolute Gasteiger partial charge is 0.319 e. The van der Waals surface area contributed by atoms with Gasteiger partial charge in [-0.2, -0.15) is 0 Å². The highest BCUT2D eigenvalue weighted by atomic mass is 19.1. The Kier molecular flexibility index (Phi) is 6.14. The number of halogens is 2. The maximum Gasteiger partial charge on any atom is 0.319 e. The van der Waals surface area contributed by atoms with Crippen molar-refractivity contribution >= 4 is 28.6 Å². The minimum absolute atomic E-state index is 0.211. The van der Waals surface area contributed by atoms with Crippen LogP contribution in [-0.2, 0) is 6.54 Å². The lowest BCUT2D eigenvalue weighted by Gasteiger charge is -2.12. The van der Waals surface area contributed by atoms with Crippen molar-refractivity contribution < 1.29 is 13.6 Å². The molecule has 2 aromatic carbocycles. The standard InChI is InChI=1S/C26H19F2N7O/c27-17-5-1-15(2-6-17)23-24(16-3-7-18(28)8-4-16)35-25-22(34-23)11-21(14-31-25)33-26(36)32-13-20-10-9-19(29)12-30-20/h1-12,14H,13,29H2,(H2,32,33,36). The zero-order valence-electron chi connectivity index (χ0n) is 18.7. The van der Waals surface area contributed by atoms with Gasteiger partial charge < -0.3 is 16.4 Å². The van der Waals surface area contributed by atoms with Gasteiger partial charge in [-0.3, -0.25) is 4.98 Å².